The Morgan fingerprint density at radius 3 is 2.37 bits per heavy atom. The Hall–Kier alpha value is -2.82. The molecule has 2 aromatic carbocycles. The third-order valence-corrected chi connectivity index (χ3v) is 4.05. The molecule has 2 aromatic rings. The molecule has 0 heterocycles. The van der Waals surface area contributed by atoms with Crippen molar-refractivity contribution in [3.8, 4) is 5.75 Å². The second kappa shape index (κ2) is 11.0. The summed E-state index contributed by atoms with van der Waals surface area (Å²) in [7, 11) is 0. The first-order valence-electron chi connectivity index (χ1n) is 9.56. The van der Waals surface area contributed by atoms with Crippen LogP contribution in [0.2, 0.25) is 0 Å². The van der Waals surface area contributed by atoms with Crippen molar-refractivity contribution in [3.63, 3.8) is 0 Å². The monoisotopic (exact) mass is 368 g/mol. The molecule has 0 bridgehead atoms. The normalized spacial score (nSPS) is 10.3. The van der Waals surface area contributed by atoms with E-state index in [1.165, 1.54) is 0 Å². The topological polar surface area (TPSA) is 67.4 Å². The Bertz CT molecular complexity index is 741. The molecule has 0 aliphatic heterocycles. The Morgan fingerprint density at radius 2 is 1.67 bits per heavy atom. The fourth-order valence-corrected chi connectivity index (χ4v) is 2.53. The van der Waals surface area contributed by atoms with Crippen LogP contribution < -0.4 is 15.4 Å². The smallest absolute Gasteiger partial charge is 0.255 e. The first kappa shape index (κ1) is 20.5. The number of hydrogen-bond acceptors (Lipinski definition) is 3. The third kappa shape index (κ3) is 6.77. The molecule has 0 atom stereocenters. The number of rotatable bonds is 10. The van der Waals surface area contributed by atoms with Crippen LogP contribution in [0.1, 0.15) is 60.2 Å². The van der Waals surface area contributed by atoms with Crippen molar-refractivity contribution in [2.75, 3.05) is 18.5 Å². The molecule has 0 aliphatic rings. The summed E-state index contributed by atoms with van der Waals surface area (Å²) >= 11 is 0. The minimum atomic E-state index is -0.223. The summed E-state index contributed by atoms with van der Waals surface area (Å²) in [6.07, 6.45) is 4.21. The van der Waals surface area contributed by atoms with E-state index in [0.717, 1.165) is 31.4 Å². The molecule has 0 saturated carbocycles. The molecule has 2 amide bonds. The van der Waals surface area contributed by atoms with Gasteiger partial charge in [-0.1, -0.05) is 32.8 Å². The maximum absolute atomic E-state index is 12.4. The molecule has 27 heavy (non-hydrogen) atoms. The van der Waals surface area contributed by atoms with E-state index in [1.807, 2.05) is 6.92 Å². The van der Waals surface area contributed by atoms with Gasteiger partial charge in [-0.15, -0.1) is 0 Å². The van der Waals surface area contributed by atoms with Crippen LogP contribution in [0.4, 0.5) is 5.69 Å². The van der Waals surface area contributed by atoms with Crippen molar-refractivity contribution in [1.29, 1.82) is 0 Å². The molecule has 5 heteroatoms. The van der Waals surface area contributed by atoms with Crippen LogP contribution >= 0.6 is 0 Å². The zero-order valence-electron chi connectivity index (χ0n) is 16.1. The average Bonchev–Trinajstić information content (AvgIpc) is 2.70. The number of unbranched alkanes of at least 4 members (excludes halogenated alkanes) is 2. The highest BCUT2D eigenvalue weighted by molar-refractivity contribution is 6.05. The lowest BCUT2D eigenvalue weighted by molar-refractivity contribution is 0.0952. The van der Waals surface area contributed by atoms with E-state index in [4.69, 9.17) is 4.74 Å². The van der Waals surface area contributed by atoms with Gasteiger partial charge < -0.3 is 15.4 Å². The summed E-state index contributed by atoms with van der Waals surface area (Å²) in [4.78, 5) is 24.5. The molecule has 5 nitrogen and oxygen atoms in total. The van der Waals surface area contributed by atoms with Crippen LogP contribution in [-0.4, -0.2) is 25.0 Å². The highest BCUT2D eigenvalue weighted by Gasteiger charge is 2.09. The molecular formula is C22H28N2O3. The van der Waals surface area contributed by atoms with Crippen LogP contribution in [0.25, 0.3) is 0 Å². The summed E-state index contributed by atoms with van der Waals surface area (Å²) in [5, 5.41) is 5.66. The van der Waals surface area contributed by atoms with Crippen molar-refractivity contribution in [1.82, 2.24) is 5.32 Å². The molecular weight excluding hydrogens is 340 g/mol. The van der Waals surface area contributed by atoms with Gasteiger partial charge in [-0.3, -0.25) is 9.59 Å². The largest absolute Gasteiger partial charge is 0.494 e. The van der Waals surface area contributed by atoms with Crippen LogP contribution in [0, 0.1) is 0 Å². The van der Waals surface area contributed by atoms with Gasteiger partial charge in [-0.05, 0) is 55.3 Å². The number of hydrogen-bond donors (Lipinski definition) is 2. The zero-order valence-corrected chi connectivity index (χ0v) is 16.1. The molecule has 2 N–H and O–H groups in total. The molecule has 0 aliphatic carbocycles. The van der Waals surface area contributed by atoms with E-state index in [9.17, 15) is 9.59 Å². The predicted octanol–water partition coefficient (Wildman–Crippen LogP) is 4.65. The van der Waals surface area contributed by atoms with E-state index in [1.54, 1.807) is 48.5 Å². The maximum Gasteiger partial charge on any atom is 0.255 e. The minimum absolute atomic E-state index is 0.141. The van der Waals surface area contributed by atoms with Crippen molar-refractivity contribution < 1.29 is 14.3 Å². The first-order chi connectivity index (χ1) is 13.1. The van der Waals surface area contributed by atoms with Crippen molar-refractivity contribution >= 4 is 17.5 Å². The summed E-state index contributed by atoms with van der Waals surface area (Å²) in [6, 6.07) is 14.0. The number of ether oxygens (including phenoxy) is 1. The van der Waals surface area contributed by atoms with Crippen molar-refractivity contribution in [2.24, 2.45) is 0 Å². The lowest BCUT2D eigenvalue weighted by Crippen LogP contribution is -2.24. The van der Waals surface area contributed by atoms with E-state index in [0.29, 0.717) is 30.0 Å². The number of nitrogens with one attached hydrogen (secondary N) is 2. The van der Waals surface area contributed by atoms with E-state index in [-0.39, 0.29) is 11.8 Å². The molecule has 0 aromatic heterocycles. The first-order valence-corrected chi connectivity index (χ1v) is 9.56. The van der Waals surface area contributed by atoms with Gasteiger partial charge in [0.1, 0.15) is 5.75 Å². The quantitative estimate of drug-likeness (QED) is 0.600. The third-order valence-electron chi connectivity index (χ3n) is 4.05. The number of benzene rings is 2. The molecule has 0 spiro atoms. The van der Waals surface area contributed by atoms with Gasteiger partial charge in [0.05, 0.1) is 6.61 Å². The van der Waals surface area contributed by atoms with Gasteiger partial charge in [0.15, 0.2) is 0 Å². The zero-order chi connectivity index (χ0) is 19.5. The highest BCUT2D eigenvalue weighted by Crippen LogP contribution is 2.16. The Labute approximate surface area is 161 Å². The SMILES string of the molecule is CCCCCOc1ccc(C(=O)Nc2cccc(C(=O)NCCC)c2)cc1. The molecule has 0 radical (unpaired) electrons. The van der Waals surface area contributed by atoms with Gasteiger partial charge in [-0.25, -0.2) is 0 Å². The van der Waals surface area contributed by atoms with Crippen LogP contribution in [-0.2, 0) is 0 Å². The van der Waals surface area contributed by atoms with Crippen LogP contribution in [0.3, 0.4) is 0 Å². The second-order valence-corrected chi connectivity index (χ2v) is 6.37. The highest BCUT2D eigenvalue weighted by atomic mass is 16.5. The number of anilines is 1. The Balaban J connectivity index is 1.93. The fraction of sp³-hybridized carbons (Fsp3) is 0.364. The van der Waals surface area contributed by atoms with Gasteiger partial charge in [0.25, 0.3) is 11.8 Å². The summed E-state index contributed by atoms with van der Waals surface area (Å²) in [6.45, 7) is 5.47. The van der Waals surface area contributed by atoms with Crippen molar-refractivity contribution in [3.05, 3.63) is 59.7 Å². The predicted molar refractivity (Wildman–Crippen MR) is 108 cm³/mol. The van der Waals surface area contributed by atoms with Gasteiger partial charge in [-0.2, -0.15) is 0 Å². The Morgan fingerprint density at radius 1 is 0.889 bits per heavy atom. The van der Waals surface area contributed by atoms with Gasteiger partial charge in [0.2, 0.25) is 0 Å². The second-order valence-electron chi connectivity index (χ2n) is 6.37. The molecule has 2 rings (SSSR count). The van der Waals surface area contributed by atoms with Crippen LogP contribution in [0.5, 0.6) is 5.75 Å². The summed E-state index contributed by atoms with van der Waals surface area (Å²) in [5.74, 6) is 0.397. The van der Waals surface area contributed by atoms with Crippen LogP contribution in [0.15, 0.2) is 48.5 Å². The Kier molecular flexibility index (Phi) is 8.36. The molecule has 144 valence electrons. The maximum atomic E-state index is 12.4. The molecule has 0 fully saturated rings. The van der Waals surface area contributed by atoms with Gasteiger partial charge >= 0.3 is 0 Å². The van der Waals surface area contributed by atoms with Crippen molar-refractivity contribution in [2.45, 2.75) is 39.5 Å². The fourth-order valence-electron chi connectivity index (χ4n) is 2.53. The van der Waals surface area contributed by atoms with E-state index >= 15 is 0 Å². The molecule has 0 unspecified atom stereocenters. The van der Waals surface area contributed by atoms with E-state index in [2.05, 4.69) is 17.6 Å². The lowest BCUT2D eigenvalue weighted by atomic mass is 10.1. The number of carbonyl (C=O) groups is 2. The summed E-state index contributed by atoms with van der Waals surface area (Å²) < 4.78 is 5.66. The van der Waals surface area contributed by atoms with E-state index < -0.39 is 0 Å². The minimum Gasteiger partial charge on any atom is -0.494 e. The summed E-state index contributed by atoms with van der Waals surface area (Å²) in [5.41, 5.74) is 1.65. The molecule has 0 saturated heterocycles. The average molecular weight is 368 g/mol. The lowest BCUT2D eigenvalue weighted by Gasteiger charge is -2.09. The van der Waals surface area contributed by atoms with Gasteiger partial charge in [0, 0.05) is 23.4 Å². The number of carbonyl (C=O) groups excluding carboxylic acids is 2. The number of amides is 2. The standard InChI is InChI=1S/C22H28N2O3/c1-3-5-6-15-27-20-12-10-17(11-13-20)22(26)24-19-9-7-8-18(16-19)21(25)23-14-4-2/h7-13,16H,3-6,14-15H2,1-2H3,(H,23,25)(H,24,26).